The van der Waals surface area contributed by atoms with Crippen molar-refractivity contribution in [2.45, 2.75) is 19.5 Å². The summed E-state index contributed by atoms with van der Waals surface area (Å²) in [5.41, 5.74) is 1.98. The fraction of sp³-hybridized carbons (Fsp3) is 0.417. The van der Waals surface area contributed by atoms with Crippen LogP contribution < -0.4 is 5.32 Å². The minimum atomic E-state index is 0.499. The maximum absolute atomic E-state index is 5.93. The fourth-order valence-electron chi connectivity index (χ4n) is 1.69. The zero-order valence-corrected chi connectivity index (χ0v) is 11.6. The lowest BCUT2D eigenvalue weighted by Gasteiger charge is -2.10. The number of hydrogen-bond acceptors (Lipinski definition) is 3. The van der Waals surface area contributed by atoms with E-state index in [1.165, 1.54) is 0 Å². The van der Waals surface area contributed by atoms with Crippen molar-refractivity contribution >= 4 is 29.0 Å². The second-order valence-electron chi connectivity index (χ2n) is 4.08. The molecule has 0 aliphatic rings. The molecule has 0 aromatic carbocycles. The molecule has 0 amide bonds. The van der Waals surface area contributed by atoms with Gasteiger partial charge >= 0.3 is 0 Å². The Morgan fingerprint density at radius 1 is 1.47 bits per heavy atom. The van der Waals surface area contributed by atoms with Crippen LogP contribution in [-0.4, -0.2) is 27.4 Å². The van der Waals surface area contributed by atoms with E-state index in [0.717, 1.165) is 28.7 Å². The van der Waals surface area contributed by atoms with Crippen LogP contribution in [0.3, 0.4) is 0 Å². The Bertz CT molecular complexity index is 497. The molecule has 1 unspecified atom stereocenters. The number of hydrogen-bond donors (Lipinski definition) is 1. The van der Waals surface area contributed by atoms with E-state index < -0.39 is 0 Å². The third-order valence-corrected chi connectivity index (χ3v) is 3.57. The SMILES string of the molecule is CSCC(C)NCc1cn2cc(Cl)ccc2n1. The molecule has 0 radical (unpaired) electrons. The third kappa shape index (κ3) is 3.37. The van der Waals surface area contributed by atoms with Gasteiger partial charge in [0.05, 0.1) is 10.7 Å². The Kier molecular flexibility index (Phi) is 4.31. The number of aromatic nitrogens is 2. The molecular weight excluding hydrogens is 254 g/mol. The quantitative estimate of drug-likeness (QED) is 0.905. The summed E-state index contributed by atoms with van der Waals surface area (Å²) in [6.07, 6.45) is 6.00. The van der Waals surface area contributed by atoms with Gasteiger partial charge in [0.1, 0.15) is 5.65 Å². The molecule has 0 spiro atoms. The summed E-state index contributed by atoms with van der Waals surface area (Å²) in [7, 11) is 0. The van der Waals surface area contributed by atoms with Crippen LogP contribution in [0.2, 0.25) is 5.02 Å². The van der Waals surface area contributed by atoms with Gasteiger partial charge in [0.2, 0.25) is 0 Å². The van der Waals surface area contributed by atoms with Gasteiger partial charge in [0, 0.05) is 30.7 Å². The summed E-state index contributed by atoms with van der Waals surface area (Å²) in [5.74, 6) is 1.11. The highest BCUT2D eigenvalue weighted by Crippen LogP contribution is 2.11. The van der Waals surface area contributed by atoms with E-state index in [1.54, 1.807) is 0 Å². The van der Waals surface area contributed by atoms with Crippen LogP contribution in [0.5, 0.6) is 0 Å². The number of nitrogens with one attached hydrogen (secondary N) is 1. The van der Waals surface area contributed by atoms with Crippen LogP contribution in [-0.2, 0) is 6.54 Å². The Hall–Kier alpha value is -0.710. The molecule has 0 aliphatic heterocycles. The summed E-state index contributed by atoms with van der Waals surface area (Å²) in [4.78, 5) is 4.52. The minimum absolute atomic E-state index is 0.499. The second kappa shape index (κ2) is 5.76. The maximum Gasteiger partial charge on any atom is 0.137 e. The molecule has 1 atom stereocenters. The standard InChI is InChI=1S/C12H16ClN3S/c1-9(8-17-2)14-5-11-7-16-6-10(13)3-4-12(16)15-11/h3-4,6-7,9,14H,5,8H2,1-2H3. The first-order chi connectivity index (χ1) is 8.19. The average Bonchev–Trinajstić information content (AvgIpc) is 2.68. The molecule has 2 aromatic heterocycles. The molecule has 1 N–H and O–H groups in total. The predicted molar refractivity (Wildman–Crippen MR) is 74.9 cm³/mol. The Balaban J connectivity index is 2.04. The van der Waals surface area contributed by atoms with Crippen LogP contribution in [0.4, 0.5) is 0 Å². The molecule has 0 aliphatic carbocycles. The number of thioether (sulfide) groups is 1. The van der Waals surface area contributed by atoms with E-state index in [2.05, 4.69) is 23.5 Å². The van der Waals surface area contributed by atoms with Crippen LogP contribution in [0.25, 0.3) is 5.65 Å². The van der Waals surface area contributed by atoms with Crippen molar-refractivity contribution in [2.24, 2.45) is 0 Å². The van der Waals surface area contributed by atoms with Gasteiger partial charge < -0.3 is 9.72 Å². The number of pyridine rings is 1. The molecule has 5 heteroatoms. The highest BCUT2D eigenvalue weighted by atomic mass is 35.5. The smallest absolute Gasteiger partial charge is 0.137 e. The van der Waals surface area contributed by atoms with Crippen LogP contribution >= 0.6 is 23.4 Å². The number of halogens is 1. The van der Waals surface area contributed by atoms with Crippen LogP contribution in [0, 0.1) is 0 Å². The number of rotatable bonds is 5. The van der Waals surface area contributed by atoms with Crippen molar-refractivity contribution in [1.29, 1.82) is 0 Å². The molecule has 0 fully saturated rings. The highest BCUT2D eigenvalue weighted by molar-refractivity contribution is 7.98. The Morgan fingerprint density at radius 3 is 3.06 bits per heavy atom. The fourth-order valence-corrected chi connectivity index (χ4v) is 2.48. The van der Waals surface area contributed by atoms with Gasteiger partial charge in [-0.3, -0.25) is 0 Å². The van der Waals surface area contributed by atoms with Crippen molar-refractivity contribution in [1.82, 2.24) is 14.7 Å². The van der Waals surface area contributed by atoms with Crippen molar-refractivity contribution < 1.29 is 0 Å². The Labute approximate surface area is 111 Å². The molecule has 2 rings (SSSR count). The van der Waals surface area contributed by atoms with Crippen molar-refractivity contribution in [3.8, 4) is 0 Å². The summed E-state index contributed by atoms with van der Waals surface area (Å²) >= 11 is 7.78. The first kappa shape index (κ1) is 12.7. The van der Waals surface area contributed by atoms with E-state index in [9.17, 15) is 0 Å². The van der Waals surface area contributed by atoms with E-state index in [-0.39, 0.29) is 0 Å². The molecule has 0 bridgehead atoms. The zero-order chi connectivity index (χ0) is 12.3. The van der Waals surface area contributed by atoms with Gasteiger partial charge in [-0.25, -0.2) is 4.98 Å². The van der Waals surface area contributed by atoms with Crippen LogP contribution in [0.15, 0.2) is 24.5 Å². The number of fused-ring (bicyclic) bond motifs is 1. The Morgan fingerprint density at radius 2 is 2.29 bits per heavy atom. The maximum atomic E-state index is 5.93. The summed E-state index contributed by atoms with van der Waals surface area (Å²) in [5, 5.41) is 4.17. The van der Waals surface area contributed by atoms with Gasteiger partial charge in [-0.1, -0.05) is 11.6 Å². The monoisotopic (exact) mass is 269 g/mol. The van der Waals surface area contributed by atoms with E-state index in [0.29, 0.717) is 6.04 Å². The van der Waals surface area contributed by atoms with Gasteiger partial charge in [-0.15, -0.1) is 0 Å². The van der Waals surface area contributed by atoms with Gasteiger partial charge in [-0.05, 0) is 25.3 Å². The lowest BCUT2D eigenvalue weighted by molar-refractivity contribution is 0.590. The first-order valence-electron chi connectivity index (χ1n) is 5.54. The summed E-state index contributed by atoms with van der Waals surface area (Å²) in [6, 6.07) is 4.28. The van der Waals surface area contributed by atoms with Gasteiger partial charge in [0.25, 0.3) is 0 Å². The minimum Gasteiger partial charge on any atom is -0.308 e. The topological polar surface area (TPSA) is 29.3 Å². The van der Waals surface area contributed by atoms with E-state index in [4.69, 9.17) is 11.6 Å². The number of imidazole rings is 1. The molecule has 0 saturated heterocycles. The van der Waals surface area contributed by atoms with Crippen molar-refractivity contribution in [2.75, 3.05) is 12.0 Å². The van der Waals surface area contributed by atoms with Crippen LogP contribution in [0.1, 0.15) is 12.6 Å². The lowest BCUT2D eigenvalue weighted by Crippen LogP contribution is -2.27. The van der Waals surface area contributed by atoms with Gasteiger partial charge in [-0.2, -0.15) is 11.8 Å². The van der Waals surface area contributed by atoms with E-state index >= 15 is 0 Å². The van der Waals surface area contributed by atoms with Crippen molar-refractivity contribution in [3.05, 3.63) is 35.2 Å². The molecule has 3 nitrogen and oxygen atoms in total. The largest absolute Gasteiger partial charge is 0.308 e. The molecule has 2 heterocycles. The molecule has 92 valence electrons. The van der Waals surface area contributed by atoms with Gasteiger partial charge in [0.15, 0.2) is 0 Å². The predicted octanol–water partition coefficient (Wildman–Crippen LogP) is 2.83. The summed E-state index contributed by atoms with van der Waals surface area (Å²) < 4.78 is 1.96. The molecule has 2 aromatic rings. The third-order valence-electron chi connectivity index (χ3n) is 2.51. The summed E-state index contributed by atoms with van der Waals surface area (Å²) in [6.45, 7) is 2.98. The first-order valence-corrected chi connectivity index (χ1v) is 7.31. The molecular formula is C12H16ClN3S. The number of nitrogens with zero attached hydrogens (tertiary/aromatic N) is 2. The van der Waals surface area contributed by atoms with E-state index in [1.807, 2.05) is 40.7 Å². The normalized spacial score (nSPS) is 13.1. The second-order valence-corrected chi connectivity index (χ2v) is 5.43. The lowest BCUT2D eigenvalue weighted by atomic mass is 10.3. The van der Waals surface area contributed by atoms with Crippen molar-refractivity contribution in [3.63, 3.8) is 0 Å². The average molecular weight is 270 g/mol. The highest BCUT2D eigenvalue weighted by Gasteiger charge is 2.04. The zero-order valence-electron chi connectivity index (χ0n) is 9.98. The molecule has 17 heavy (non-hydrogen) atoms. The molecule has 0 saturated carbocycles.